The zero-order valence-electron chi connectivity index (χ0n) is 13.6. The molecule has 0 radical (unpaired) electrons. The third kappa shape index (κ3) is 2.80. The fourth-order valence-electron chi connectivity index (χ4n) is 2.82. The molecule has 0 spiro atoms. The van der Waals surface area contributed by atoms with Crippen LogP contribution in [0.5, 0.6) is 0 Å². The largest absolute Gasteiger partial charge is 0.467 e. The van der Waals surface area contributed by atoms with Gasteiger partial charge in [0.25, 0.3) is 5.56 Å². The first-order valence-corrected chi connectivity index (χ1v) is 7.81. The molecule has 5 heteroatoms. The van der Waals surface area contributed by atoms with Gasteiger partial charge in [0.15, 0.2) is 6.04 Å². The van der Waals surface area contributed by atoms with Crippen molar-refractivity contribution in [1.29, 1.82) is 0 Å². The zero-order valence-corrected chi connectivity index (χ0v) is 13.6. The van der Waals surface area contributed by atoms with E-state index >= 15 is 0 Å². The zero-order chi connectivity index (χ0) is 17.1. The van der Waals surface area contributed by atoms with Crippen LogP contribution >= 0.6 is 0 Å². The second-order valence-electron chi connectivity index (χ2n) is 5.48. The summed E-state index contributed by atoms with van der Waals surface area (Å²) in [6.07, 6.45) is 0.429. The topological polar surface area (TPSA) is 61.2 Å². The molecule has 1 aromatic heterocycles. The molecule has 3 aromatic rings. The predicted octanol–water partition coefficient (Wildman–Crippen LogP) is 3.19. The lowest BCUT2D eigenvalue weighted by atomic mass is 10.0. The molecule has 0 amide bonds. The van der Waals surface area contributed by atoms with E-state index in [9.17, 15) is 9.59 Å². The number of fused-ring (bicyclic) bond motifs is 1. The average Bonchev–Trinajstić information content (AvgIpc) is 2.63. The molecule has 1 unspecified atom stereocenters. The van der Waals surface area contributed by atoms with Gasteiger partial charge in [-0.3, -0.25) is 4.79 Å². The Morgan fingerprint density at radius 1 is 1.12 bits per heavy atom. The fourth-order valence-corrected chi connectivity index (χ4v) is 2.82. The molecule has 0 aliphatic heterocycles. The van der Waals surface area contributed by atoms with Crippen LogP contribution in [-0.2, 0) is 9.53 Å². The van der Waals surface area contributed by atoms with Crippen LogP contribution in [0.4, 0.5) is 0 Å². The molecule has 0 aliphatic rings. The summed E-state index contributed by atoms with van der Waals surface area (Å²) >= 11 is 0. The number of rotatable bonds is 4. The Balaban J connectivity index is 2.18. The van der Waals surface area contributed by atoms with Gasteiger partial charge in [0.2, 0.25) is 0 Å². The SMILES string of the molecule is CCC(C(=O)OC)n1nc(-c2cccc3ccccc23)ccc1=O. The van der Waals surface area contributed by atoms with Gasteiger partial charge in [0, 0.05) is 11.6 Å². The van der Waals surface area contributed by atoms with E-state index in [0.717, 1.165) is 16.3 Å². The van der Waals surface area contributed by atoms with Crippen LogP contribution in [0.1, 0.15) is 19.4 Å². The lowest BCUT2D eigenvalue weighted by molar-refractivity contribution is -0.145. The Morgan fingerprint density at radius 2 is 1.88 bits per heavy atom. The predicted molar refractivity (Wildman–Crippen MR) is 92.8 cm³/mol. The normalized spacial score (nSPS) is 12.1. The molecule has 0 N–H and O–H groups in total. The molecule has 24 heavy (non-hydrogen) atoms. The first-order chi connectivity index (χ1) is 11.7. The molecule has 1 atom stereocenters. The van der Waals surface area contributed by atoms with Gasteiger partial charge in [-0.05, 0) is 23.3 Å². The summed E-state index contributed by atoms with van der Waals surface area (Å²) in [6.45, 7) is 1.82. The summed E-state index contributed by atoms with van der Waals surface area (Å²) in [4.78, 5) is 24.1. The minimum atomic E-state index is -0.725. The fraction of sp³-hybridized carbons (Fsp3) is 0.211. The van der Waals surface area contributed by atoms with Crippen molar-refractivity contribution < 1.29 is 9.53 Å². The first kappa shape index (κ1) is 15.9. The maximum atomic E-state index is 12.2. The van der Waals surface area contributed by atoms with Crippen LogP contribution in [0, 0.1) is 0 Å². The number of carbonyl (C=O) groups is 1. The smallest absolute Gasteiger partial charge is 0.330 e. The Labute approximate surface area is 139 Å². The summed E-state index contributed by atoms with van der Waals surface area (Å²) in [5.74, 6) is -0.470. The molecular weight excluding hydrogens is 304 g/mol. The van der Waals surface area contributed by atoms with Gasteiger partial charge >= 0.3 is 5.97 Å². The number of benzene rings is 2. The molecule has 1 heterocycles. The molecular formula is C19H18N2O3. The third-order valence-electron chi connectivity index (χ3n) is 4.05. The van der Waals surface area contributed by atoms with E-state index in [0.29, 0.717) is 12.1 Å². The second kappa shape index (κ2) is 6.66. The monoisotopic (exact) mass is 322 g/mol. The highest BCUT2D eigenvalue weighted by atomic mass is 16.5. The number of nitrogens with zero attached hydrogens (tertiary/aromatic N) is 2. The number of ether oxygens (including phenoxy) is 1. The Bertz CT molecular complexity index is 941. The number of hydrogen-bond donors (Lipinski definition) is 0. The van der Waals surface area contributed by atoms with Crippen molar-refractivity contribution in [2.75, 3.05) is 7.11 Å². The Morgan fingerprint density at radius 3 is 2.62 bits per heavy atom. The van der Waals surface area contributed by atoms with Crippen molar-refractivity contribution in [3.8, 4) is 11.3 Å². The summed E-state index contributed by atoms with van der Waals surface area (Å²) < 4.78 is 6.00. The number of hydrogen-bond acceptors (Lipinski definition) is 4. The van der Waals surface area contributed by atoms with E-state index in [2.05, 4.69) is 5.10 Å². The van der Waals surface area contributed by atoms with Gasteiger partial charge < -0.3 is 4.74 Å². The quantitative estimate of drug-likeness (QED) is 0.692. The number of methoxy groups -OCH3 is 1. The minimum absolute atomic E-state index is 0.323. The van der Waals surface area contributed by atoms with Crippen molar-refractivity contribution >= 4 is 16.7 Å². The van der Waals surface area contributed by atoms with Crippen LogP contribution in [0.15, 0.2) is 59.4 Å². The van der Waals surface area contributed by atoms with Gasteiger partial charge in [0.1, 0.15) is 0 Å². The number of esters is 1. The number of carbonyl (C=O) groups excluding carboxylic acids is 1. The molecule has 0 saturated carbocycles. The minimum Gasteiger partial charge on any atom is -0.467 e. The van der Waals surface area contributed by atoms with E-state index in [-0.39, 0.29) is 5.56 Å². The van der Waals surface area contributed by atoms with Crippen molar-refractivity contribution in [2.45, 2.75) is 19.4 Å². The maximum Gasteiger partial charge on any atom is 0.330 e. The summed E-state index contributed by atoms with van der Waals surface area (Å²) in [6, 6.07) is 16.3. The van der Waals surface area contributed by atoms with E-state index in [1.807, 2.05) is 49.4 Å². The molecule has 0 bridgehead atoms. The van der Waals surface area contributed by atoms with E-state index in [1.54, 1.807) is 6.07 Å². The first-order valence-electron chi connectivity index (χ1n) is 7.81. The van der Waals surface area contributed by atoms with Crippen LogP contribution in [-0.4, -0.2) is 22.9 Å². The molecule has 122 valence electrons. The molecule has 3 rings (SSSR count). The highest BCUT2D eigenvalue weighted by Crippen LogP contribution is 2.26. The van der Waals surface area contributed by atoms with Crippen molar-refractivity contribution in [3.05, 3.63) is 65.0 Å². The van der Waals surface area contributed by atoms with Crippen LogP contribution in [0.25, 0.3) is 22.0 Å². The van der Waals surface area contributed by atoms with E-state index in [1.165, 1.54) is 17.9 Å². The van der Waals surface area contributed by atoms with Crippen LogP contribution < -0.4 is 5.56 Å². The van der Waals surface area contributed by atoms with Gasteiger partial charge in [-0.15, -0.1) is 0 Å². The maximum absolute atomic E-state index is 12.2. The molecule has 2 aromatic carbocycles. The van der Waals surface area contributed by atoms with E-state index in [4.69, 9.17) is 4.74 Å². The van der Waals surface area contributed by atoms with Crippen molar-refractivity contribution in [2.24, 2.45) is 0 Å². The van der Waals surface area contributed by atoms with Gasteiger partial charge in [0.05, 0.1) is 12.8 Å². The average molecular weight is 322 g/mol. The molecule has 0 aliphatic carbocycles. The van der Waals surface area contributed by atoms with E-state index < -0.39 is 12.0 Å². The Kier molecular flexibility index (Phi) is 4.42. The third-order valence-corrected chi connectivity index (χ3v) is 4.05. The van der Waals surface area contributed by atoms with Crippen molar-refractivity contribution in [3.63, 3.8) is 0 Å². The van der Waals surface area contributed by atoms with Gasteiger partial charge in [-0.2, -0.15) is 5.10 Å². The summed E-state index contributed by atoms with van der Waals surface area (Å²) in [5.41, 5.74) is 1.24. The van der Waals surface area contributed by atoms with Crippen LogP contribution in [0.3, 0.4) is 0 Å². The highest BCUT2D eigenvalue weighted by molar-refractivity contribution is 5.95. The van der Waals surface area contributed by atoms with Gasteiger partial charge in [-0.1, -0.05) is 49.4 Å². The Hall–Kier alpha value is -2.95. The summed E-state index contributed by atoms with van der Waals surface area (Å²) in [5, 5.41) is 6.57. The summed E-state index contributed by atoms with van der Waals surface area (Å²) in [7, 11) is 1.31. The standard InChI is InChI=1S/C19H18N2O3/c1-3-17(19(23)24-2)21-18(22)12-11-16(20-21)15-10-6-8-13-7-4-5-9-14(13)15/h4-12,17H,3H2,1-2H3. The number of aromatic nitrogens is 2. The van der Waals surface area contributed by atoms with Crippen LogP contribution in [0.2, 0.25) is 0 Å². The molecule has 0 saturated heterocycles. The lowest BCUT2D eigenvalue weighted by Gasteiger charge is -2.15. The van der Waals surface area contributed by atoms with Gasteiger partial charge in [-0.25, -0.2) is 9.48 Å². The lowest BCUT2D eigenvalue weighted by Crippen LogP contribution is -2.32. The molecule has 0 fully saturated rings. The van der Waals surface area contributed by atoms with Crippen molar-refractivity contribution in [1.82, 2.24) is 9.78 Å². The highest BCUT2D eigenvalue weighted by Gasteiger charge is 2.22. The second-order valence-corrected chi connectivity index (χ2v) is 5.48. The molecule has 5 nitrogen and oxygen atoms in total.